The largest absolute Gasteiger partial charge is 0.349 e. The third kappa shape index (κ3) is 5.10. The summed E-state index contributed by atoms with van der Waals surface area (Å²) in [4.78, 5) is 13.4. The molecule has 2 aromatic carbocycles. The summed E-state index contributed by atoms with van der Waals surface area (Å²) in [7, 11) is 0. The fourth-order valence-corrected chi connectivity index (χ4v) is 3.76. The van der Waals surface area contributed by atoms with E-state index in [0.29, 0.717) is 6.04 Å². The molecule has 0 bridgehead atoms. The maximum atomic E-state index is 12.2. The second kappa shape index (κ2) is 8.70. The normalized spacial score (nSPS) is 14.7. The number of benzene rings is 2. The maximum absolute atomic E-state index is 12.2. The molecule has 0 radical (unpaired) electrons. The fourth-order valence-electron chi connectivity index (χ4n) is 2.82. The van der Waals surface area contributed by atoms with E-state index in [1.807, 2.05) is 36.4 Å². The van der Waals surface area contributed by atoms with E-state index in [-0.39, 0.29) is 5.91 Å². The van der Waals surface area contributed by atoms with E-state index in [1.165, 1.54) is 17.7 Å². The van der Waals surface area contributed by atoms with Gasteiger partial charge in [0.15, 0.2) is 0 Å². The van der Waals surface area contributed by atoms with E-state index in [0.717, 1.165) is 35.0 Å². The lowest BCUT2D eigenvalue weighted by molar-refractivity contribution is 0.0938. The van der Waals surface area contributed by atoms with Crippen molar-refractivity contribution in [1.82, 2.24) is 10.0 Å². The Morgan fingerprint density at radius 1 is 1.04 bits per heavy atom. The Labute approximate surface area is 155 Å². The van der Waals surface area contributed by atoms with Gasteiger partial charge in [0, 0.05) is 27.5 Å². The second-order valence-electron chi connectivity index (χ2n) is 6.03. The summed E-state index contributed by atoms with van der Waals surface area (Å²) in [6.07, 6.45) is 4.68. The van der Waals surface area contributed by atoms with Gasteiger partial charge in [0.05, 0.1) is 0 Å². The standard InChI is InChI=1S/C19H21BrN2OS/c20-16-9-11-18(12-10-16)24-21-13-14-5-7-15(8-6-14)19(23)22-17-3-1-2-4-17/h5-12,17,21H,1-4,13H2,(H,22,23). The van der Waals surface area contributed by atoms with Gasteiger partial charge in [-0.2, -0.15) is 0 Å². The highest BCUT2D eigenvalue weighted by Crippen LogP contribution is 2.19. The molecule has 0 unspecified atom stereocenters. The molecule has 0 heterocycles. The molecule has 0 spiro atoms. The van der Waals surface area contributed by atoms with E-state index in [4.69, 9.17) is 0 Å². The molecule has 1 aliphatic rings. The van der Waals surface area contributed by atoms with Gasteiger partial charge in [-0.3, -0.25) is 9.52 Å². The minimum atomic E-state index is 0.0469. The molecule has 126 valence electrons. The second-order valence-corrected chi connectivity index (χ2v) is 7.91. The summed E-state index contributed by atoms with van der Waals surface area (Å²) < 4.78 is 4.43. The molecule has 1 amide bonds. The van der Waals surface area contributed by atoms with Gasteiger partial charge in [-0.15, -0.1) is 0 Å². The molecule has 5 heteroatoms. The third-order valence-corrected chi connectivity index (χ3v) is 5.51. The number of hydrogen-bond donors (Lipinski definition) is 2. The SMILES string of the molecule is O=C(NC1CCCC1)c1ccc(CNSc2ccc(Br)cc2)cc1. The number of hydrogen-bond acceptors (Lipinski definition) is 3. The number of carbonyl (C=O) groups excluding carboxylic acids is 1. The Morgan fingerprint density at radius 3 is 2.38 bits per heavy atom. The van der Waals surface area contributed by atoms with Gasteiger partial charge in [0.25, 0.3) is 5.91 Å². The number of nitrogens with one attached hydrogen (secondary N) is 2. The monoisotopic (exact) mass is 404 g/mol. The summed E-state index contributed by atoms with van der Waals surface area (Å²) in [6, 6.07) is 16.4. The van der Waals surface area contributed by atoms with Gasteiger partial charge in [-0.25, -0.2) is 0 Å². The average molecular weight is 405 g/mol. The van der Waals surface area contributed by atoms with Crippen LogP contribution >= 0.6 is 27.9 Å². The van der Waals surface area contributed by atoms with Crippen LogP contribution in [0.5, 0.6) is 0 Å². The molecule has 1 saturated carbocycles. The zero-order valence-electron chi connectivity index (χ0n) is 13.4. The van der Waals surface area contributed by atoms with E-state index < -0.39 is 0 Å². The van der Waals surface area contributed by atoms with Crippen LogP contribution in [0.15, 0.2) is 57.9 Å². The predicted octanol–water partition coefficient (Wildman–Crippen LogP) is 4.92. The van der Waals surface area contributed by atoms with Crippen molar-refractivity contribution in [2.45, 2.75) is 43.2 Å². The van der Waals surface area contributed by atoms with Gasteiger partial charge in [-0.1, -0.05) is 40.9 Å². The molecule has 0 aliphatic heterocycles. The number of carbonyl (C=O) groups is 1. The van der Waals surface area contributed by atoms with Crippen molar-refractivity contribution in [3.63, 3.8) is 0 Å². The van der Waals surface area contributed by atoms with E-state index in [2.05, 4.69) is 38.1 Å². The topological polar surface area (TPSA) is 41.1 Å². The molecule has 0 aromatic heterocycles. The summed E-state index contributed by atoms with van der Waals surface area (Å²) in [5.41, 5.74) is 1.91. The minimum Gasteiger partial charge on any atom is -0.349 e. The van der Waals surface area contributed by atoms with Gasteiger partial charge in [0.2, 0.25) is 0 Å². The van der Waals surface area contributed by atoms with Crippen LogP contribution < -0.4 is 10.0 Å². The Hall–Kier alpha value is -1.30. The van der Waals surface area contributed by atoms with Crippen LogP contribution in [0.3, 0.4) is 0 Å². The molecule has 2 N–H and O–H groups in total. The molecular weight excluding hydrogens is 384 g/mol. The lowest BCUT2D eigenvalue weighted by Crippen LogP contribution is -2.32. The van der Waals surface area contributed by atoms with Gasteiger partial charge in [0.1, 0.15) is 0 Å². The molecule has 24 heavy (non-hydrogen) atoms. The lowest BCUT2D eigenvalue weighted by atomic mass is 10.1. The first-order chi connectivity index (χ1) is 11.7. The number of amides is 1. The van der Waals surface area contributed by atoms with Crippen LogP contribution in [0.4, 0.5) is 0 Å². The van der Waals surface area contributed by atoms with Gasteiger partial charge in [-0.05, 0) is 66.8 Å². The number of rotatable bonds is 6. The third-order valence-electron chi connectivity index (χ3n) is 4.19. The van der Waals surface area contributed by atoms with Crippen LogP contribution in [-0.4, -0.2) is 11.9 Å². The Kier molecular flexibility index (Phi) is 6.35. The van der Waals surface area contributed by atoms with Crippen molar-refractivity contribution in [1.29, 1.82) is 0 Å². The number of halogens is 1. The summed E-state index contributed by atoms with van der Waals surface area (Å²) in [5, 5.41) is 3.12. The molecular formula is C19H21BrN2OS. The van der Waals surface area contributed by atoms with Crippen molar-refractivity contribution < 1.29 is 4.79 Å². The van der Waals surface area contributed by atoms with Crippen molar-refractivity contribution in [3.8, 4) is 0 Å². The quantitative estimate of drug-likeness (QED) is 0.671. The minimum absolute atomic E-state index is 0.0469. The molecule has 0 atom stereocenters. The Morgan fingerprint density at radius 2 is 1.71 bits per heavy atom. The summed E-state index contributed by atoms with van der Waals surface area (Å²) in [5.74, 6) is 0.0469. The zero-order valence-corrected chi connectivity index (χ0v) is 15.8. The lowest BCUT2D eigenvalue weighted by Gasteiger charge is -2.12. The van der Waals surface area contributed by atoms with Crippen molar-refractivity contribution in [2.75, 3.05) is 0 Å². The highest BCUT2D eigenvalue weighted by Gasteiger charge is 2.17. The van der Waals surface area contributed by atoms with Crippen molar-refractivity contribution >= 4 is 33.8 Å². The van der Waals surface area contributed by atoms with E-state index in [1.54, 1.807) is 11.9 Å². The zero-order chi connectivity index (χ0) is 16.8. The molecule has 3 nitrogen and oxygen atoms in total. The first-order valence-corrected chi connectivity index (χ1v) is 9.87. The molecule has 0 saturated heterocycles. The Bertz CT molecular complexity index is 667. The smallest absolute Gasteiger partial charge is 0.251 e. The Balaban J connectivity index is 1.47. The van der Waals surface area contributed by atoms with Gasteiger partial charge >= 0.3 is 0 Å². The summed E-state index contributed by atoms with van der Waals surface area (Å²) in [6.45, 7) is 0.755. The van der Waals surface area contributed by atoms with Crippen molar-refractivity contribution in [3.05, 3.63) is 64.1 Å². The first kappa shape index (κ1) is 17.5. The first-order valence-electron chi connectivity index (χ1n) is 8.26. The predicted molar refractivity (Wildman–Crippen MR) is 103 cm³/mol. The average Bonchev–Trinajstić information content (AvgIpc) is 3.10. The summed E-state index contributed by atoms with van der Waals surface area (Å²) >= 11 is 5.04. The van der Waals surface area contributed by atoms with Crippen molar-refractivity contribution in [2.24, 2.45) is 0 Å². The van der Waals surface area contributed by atoms with Gasteiger partial charge < -0.3 is 5.32 Å². The highest BCUT2D eigenvalue weighted by molar-refractivity contribution is 9.10. The van der Waals surface area contributed by atoms with Crippen LogP contribution in [0.25, 0.3) is 0 Å². The molecule has 2 aromatic rings. The highest BCUT2D eigenvalue weighted by atomic mass is 79.9. The van der Waals surface area contributed by atoms with Crippen LogP contribution in [0, 0.1) is 0 Å². The molecule has 3 rings (SSSR count). The molecule has 1 aliphatic carbocycles. The van der Waals surface area contributed by atoms with Crippen LogP contribution in [0.2, 0.25) is 0 Å². The van der Waals surface area contributed by atoms with Crippen LogP contribution in [0.1, 0.15) is 41.6 Å². The van der Waals surface area contributed by atoms with E-state index in [9.17, 15) is 4.79 Å². The fraction of sp³-hybridized carbons (Fsp3) is 0.316. The van der Waals surface area contributed by atoms with E-state index >= 15 is 0 Å². The molecule has 1 fully saturated rings. The van der Waals surface area contributed by atoms with Crippen LogP contribution in [-0.2, 0) is 6.54 Å². The maximum Gasteiger partial charge on any atom is 0.251 e.